The second-order valence-electron chi connectivity index (χ2n) is 4.74. The van der Waals surface area contributed by atoms with E-state index in [2.05, 4.69) is 0 Å². The minimum atomic E-state index is -3.27. The van der Waals surface area contributed by atoms with Crippen LogP contribution in [0.1, 0.15) is 30.4 Å². The van der Waals surface area contributed by atoms with Gasteiger partial charge in [0.2, 0.25) is 10.0 Å². The van der Waals surface area contributed by atoms with Crippen LogP contribution in [0, 0.1) is 0 Å². The van der Waals surface area contributed by atoms with Gasteiger partial charge in [-0.3, -0.25) is 0 Å². The molecule has 0 radical (unpaired) electrons. The molecule has 0 atom stereocenters. The summed E-state index contributed by atoms with van der Waals surface area (Å²) in [6.07, 6.45) is 2.99. The Hall–Kier alpha value is -0.980. The molecule has 1 aliphatic rings. The van der Waals surface area contributed by atoms with Gasteiger partial charge in [-0.05, 0) is 18.4 Å². The summed E-state index contributed by atoms with van der Waals surface area (Å²) in [6.45, 7) is 1.25. The maximum Gasteiger partial charge on any atom is 0.218 e. The van der Waals surface area contributed by atoms with Crippen molar-refractivity contribution in [3.05, 3.63) is 35.4 Å². The second kappa shape index (κ2) is 5.98. The fourth-order valence-corrected chi connectivity index (χ4v) is 4.16. The first-order valence-corrected chi connectivity index (χ1v) is 8.38. The smallest absolute Gasteiger partial charge is 0.218 e. The number of benzene rings is 1. The van der Waals surface area contributed by atoms with Gasteiger partial charge in [-0.25, -0.2) is 12.7 Å². The SMILES string of the molecule is NC(=S)c1ccccc1CS(=O)(=O)N1CCCCC1. The number of nitrogens with zero attached hydrogens (tertiary/aromatic N) is 1. The van der Waals surface area contributed by atoms with E-state index >= 15 is 0 Å². The first-order valence-electron chi connectivity index (χ1n) is 6.36. The van der Waals surface area contributed by atoms with Gasteiger partial charge in [0.1, 0.15) is 4.99 Å². The summed E-state index contributed by atoms with van der Waals surface area (Å²) < 4.78 is 26.3. The van der Waals surface area contributed by atoms with Crippen molar-refractivity contribution in [2.24, 2.45) is 5.73 Å². The number of sulfonamides is 1. The van der Waals surface area contributed by atoms with Gasteiger partial charge in [0.05, 0.1) is 5.75 Å². The van der Waals surface area contributed by atoms with Crippen molar-refractivity contribution in [1.29, 1.82) is 0 Å². The zero-order chi connectivity index (χ0) is 13.9. The van der Waals surface area contributed by atoms with Crippen LogP contribution >= 0.6 is 12.2 Å². The van der Waals surface area contributed by atoms with Crippen molar-refractivity contribution in [2.45, 2.75) is 25.0 Å². The summed E-state index contributed by atoms with van der Waals surface area (Å²) in [5, 5.41) is 0. The van der Waals surface area contributed by atoms with E-state index in [1.165, 1.54) is 0 Å². The molecule has 2 rings (SSSR count). The molecule has 1 aliphatic heterocycles. The van der Waals surface area contributed by atoms with Crippen LogP contribution in [0.2, 0.25) is 0 Å². The van der Waals surface area contributed by atoms with Gasteiger partial charge < -0.3 is 5.73 Å². The topological polar surface area (TPSA) is 63.4 Å². The Morgan fingerprint density at radius 3 is 2.47 bits per heavy atom. The molecule has 104 valence electrons. The molecule has 1 fully saturated rings. The monoisotopic (exact) mass is 298 g/mol. The third-order valence-electron chi connectivity index (χ3n) is 3.33. The summed E-state index contributed by atoms with van der Waals surface area (Å²) in [4.78, 5) is 0.240. The maximum atomic E-state index is 12.4. The van der Waals surface area contributed by atoms with Crippen molar-refractivity contribution in [3.63, 3.8) is 0 Å². The Kier molecular flexibility index (Phi) is 4.54. The largest absolute Gasteiger partial charge is 0.389 e. The lowest BCUT2D eigenvalue weighted by molar-refractivity contribution is 0.346. The van der Waals surface area contributed by atoms with E-state index in [4.69, 9.17) is 18.0 Å². The van der Waals surface area contributed by atoms with Crippen LogP contribution < -0.4 is 5.73 Å². The van der Waals surface area contributed by atoms with Gasteiger partial charge in [-0.2, -0.15) is 0 Å². The van der Waals surface area contributed by atoms with Gasteiger partial charge in [0.25, 0.3) is 0 Å². The van der Waals surface area contributed by atoms with Crippen molar-refractivity contribution < 1.29 is 8.42 Å². The van der Waals surface area contributed by atoms with Gasteiger partial charge in [-0.15, -0.1) is 0 Å². The molecule has 0 saturated carbocycles. The van der Waals surface area contributed by atoms with Crippen LogP contribution in [-0.4, -0.2) is 30.8 Å². The third-order valence-corrected chi connectivity index (χ3v) is 5.38. The molecule has 1 aromatic carbocycles. The number of thiocarbonyl (C=S) groups is 1. The van der Waals surface area contributed by atoms with Gasteiger partial charge in [0, 0.05) is 18.7 Å². The standard InChI is InChI=1S/C13H18N2O2S2/c14-13(18)12-7-3-2-6-11(12)10-19(16,17)15-8-4-1-5-9-15/h2-3,6-7H,1,4-5,8-10H2,(H2,14,18). The lowest BCUT2D eigenvalue weighted by atomic mass is 10.1. The van der Waals surface area contributed by atoms with E-state index in [0.29, 0.717) is 24.2 Å². The number of piperidine rings is 1. The minimum Gasteiger partial charge on any atom is -0.389 e. The molecule has 2 N–H and O–H groups in total. The molecule has 0 aliphatic carbocycles. The van der Waals surface area contributed by atoms with E-state index in [0.717, 1.165) is 19.3 Å². The number of nitrogens with two attached hydrogens (primary N) is 1. The fraction of sp³-hybridized carbons (Fsp3) is 0.462. The Labute approximate surface area is 119 Å². The predicted molar refractivity (Wildman–Crippen MR) is 80.4 cm³/mol. The average Bonchev–Trinajstić information content (AvgIpc) is 2.39. The maximum absolute atomic E-state index is 12.4. The number of hydrogen-bond acceptors (Lipinski definition) is 3. The molecule has 0 aromatic heterocycles. The average molecular weight is 298 g/mol. The molecule has 0 unspecified atom stereocenters. The molecular formula is C13H18N2O2S2. The van der Waals surface area contributed by atoms with Crippen LogP contribution in [0.15, 0.2) is 24.3 Å². The van der Waals surface area contributed by atoms with Gasteiger partial charge in [-0.1, -0.05) is 42.9 Å². The first-order chi connectivity index (χ1) is 9.00. The zero-order valence-electron chi connectivity index (χ0n) is 10.7. The Balaban J connectivity index is 2.22. The quantitative estimate of drug-likeness (QED) is 0.858. The molecule has 1 saturated heterocycles. The van der Waals surface area contributed by atoms with Crippen molar-refractivity contribution in [1.82, 2.24) is 4.31 Å². The highest BCUT2D eigenvalue weighted by Crippen LogP contribution is 2.19. The molecule has 19 heavy (non-hydrogen) atoms. The summed E-state index contributed by atoms with van der Waals surface area (Å²) in [6, 6.07) is 7.16. The molecule has 0 amide bonds. The third kappa shape index (κ3) is 3.52. The minimum absolute atomic E-state index is 0.0273. The summed E-state index contributed by atoms with van der Waals surface area (Å²) in [7, 11) is -3.27. The zero-order valence-corrected chi connectivity index (χ0v) is 12.3. The van der Waals surface area contributed by atoms with Crippen LogP contribution in [-0.2, 0) is 15.8 Å². The van der Waals surface area contributed by atoms with Crippen molar-refractivity contribution in [2.75, 3.05) is 13.1 Å². The molecule has 0 spiro atoms. The van der Waals surface area contributed by atoms with Crippen LogP contribution in [0.4, 0.5) is 0 Å². The number of hydrogen-bond donors (Lipinski definition) is 1. The van der Waals surface area contributed by atoms with Gasteiger partial charge in [0.15, 0.2) is 0 Å². The Bertz CT molecular complexity index is 564. The fourth-order valence-electron chi connectivity index (χ4n) is 2.32. The van der Waals surface area contributed by atoms with Crippen molar-refractivity contribution >= 4 is 27.2 Å². The molecule has 0 bridgehead atoms. The lowest BCUT2D eigenvalue weighted by Crippen LogP contribution is -2.36. The molecule has 4 nitrogen and oxygen atoms in total. The van der Waals surface area contributed by atoms with E-state index in [9.17, 15) is 8.42 Å². The van der Waals surface area contributed by atoms with Crippen molar-refractivity contribution in [3.8, 4) is 0 Å². The predicted octanol–water partition coefficient (Wildman–Crippen LogP) is 1.64. The highest BCUT2D eigenvalue weighted by molar-refractivity contribution is 7.88. The summed E-state index contributed by atoms with van der Waals surface area (Å²) in [5.41, 5.74) is 6.97. The normalized spacial score (nSPS) is 17.3. The van der Waals surface area contributed by atoms with E-state index < -0.39 is 10.0 Å². The van der Waals surface area contributed by atoms with E-state index in [1.54, 1.807) is 16.4 Å². The van der Waals surface area contributed by atoms with Gasteiger partial charge >= 0.3 is 0 Å². The second-order valence-corrected chi connectivity index (χ2v) is 7.15. The highest BCUT2D eigenvalue weighted by atomic mass is 32.2. The summed E-state index contributed by atoms with van der Waals surface area (Å²) in [5.74, 6) is -0.0273. The molecular weight excluding hydrogens is 280 g/mol. The Morgan fingerprint density at radius 1 is 1.21 bits per heavy atom. The lowest BCUT2D eigenvalue weighted by Gasteiger charge is -2.26. The van der Waals surface area contributed by atoms with E-state index in [-0.39, 0.29) is 10.7 Å². The van der Waals surface area contributed by atoms with E-state index in [1.807, 2.05) is 12.1 Å². The number of rotatable bonds is 4. The molecule has 1 aromatic rings. The first kappa shape index (κ1) is 14.4. The highest BCUT2D eigenvalue weighted by Gasteiger charge is 2.25. The molecule has 6 heteroatoms. The van der Waals surface area contributed by atoms with Crippen LogP contribution in [0.25, 0.3) is 0 Å². The summed E-state index contributed by atoms with van der Waals surface area (Å²) >= 11 is 4.96. The van der Waals surface area contributed by atoms with Crippen LogP contribution in [0.3, 0.4) is 0 Å². The van der Waals surface area contributed by atoms with Crippen LogP contribution in [0.5, 0.6) is 0 Å². The Morgan fingerprint density at radius 2 is 1.84 bits per heavy atom. The molecule has 1 heterocycles.